The lowest BCUT2D eigenvalue weighted by Crippen LogP contribution is -2.67. The Balaban J connectivity index is 2.01. The number of rotatable bonds is 6. The maximum atomic E-state index is 13.2. The van der Waals surface area contributed by atoms with E-state index in [1.807, 2.05) is 6.92 Å². The van der Waals surface area contributed by atoms with E-state index in [9.17, 15) is 29.1 Å². The maximum Gasteiger partial charge on any atom is 0.342 e. The Hall–Kier alpha value is -3.25. The SMILES string of the molecule is CCCC(=O)OC1C=C[C@]2(C)C(OC(C)=O)CC(OC(C)=O)/C(C)=C\C3OC(=O)[C@]4(C)OC34C(OC(C)=O)C2[C@@]1(C)O. The molecule has 0 aromatic carbocycles. The summed E-state index contributed by atoms with van der Waals surface area (Å²) in [7, 11) is 0. The van der Waals surface area contributed by atoms with E-state index in [0.29, 0.717) is 12.0 Å². The molecule has 2 aliphatic carbocycles. The van der Waals surface area contributed by atoms with Crippen molar-refractivity contribution >= 4 is 29.8 Å². The van der Waals surface area contributed by atoms with Crippen LogP contribution in [0.1, 0.15) is 74.7 Å². The van der Waals surface area contributed by atoms with Crippen molar-refractivity contribution in [3.63, 3.8) is 0 Å². The normalized spacial score (nSPS) is 43.3. The Labute approximate surface area is 244 Å². The van der Waals surface area contributed by atoms with Gasteiger partial charge in [-0.05, 0) is 44.9 Å². The number of carbonyl (C=O) groups excluding carboxylic acids is 5. The first-order chi connectivity index (χ1) is 19.4. The average Bonchev–Trinajstić information content (AvgIpc) is 3.44. The number of hydrogen-bond acceptors (Lipinski definition) is 12. The number of aliphatic hydroxyl groups is 1. The Morgan fingerprint density at radius 2 is 1.62 bits per heavy atom. The van der Waals surface area contributed by atoms with Crippen molar-refractivity contribution in [2.45, 2.75) is 122 Å². The Kier molecular flexibility index (Phi) is 8.14. The largest absolute Gasteiger partial charge is 0.461 e. The molecule has 0 saturated carbocycles. The fraction of sp³-hybridized carbons (Fsp3) is 0.700. The zero-order valence-electron chi connectivity index (χ0n) is 25.3. The van der Waals surface area contributed by atoms with Gasteiger partial charge < -0.3 is 33.5 Å². The van der Waals surface area contributed by atoms with Crippen LogP contribution in [0.3, 0.4) is 0 Å². The molecule has 7 unspecified atom stereocenters. The van der Waals surface area contributed by atoms with Gasteiger partial charge in [-0.15, -0.1) is 0 Å². The number of ether oxygens (including phenoxy) is 6. The van der Waals surface area contributed by atoms with Crippen LogP contribution in [-0.4, -0.2) is 82.3 Å². The molecule has 2 aliphatic heterocycles. The first-order valence-corrected chi connectivity index (χ1v) is 14.2. The summed E-state index contributed by atoms with van der Waals surface area (Å²) >= 11 is 0. The number of epoxide rings is 1. The van der Waals surface area contributed by atoms with E-state index in [4.69, 9.17) is 28.4 Å². The van der Waals surface area contributed by atoms with E-state index in [1.165, 1.54) is 40.7 Å². The minimum atomic E-state index is -1.96. The highest BCUT2D eigenvalue weighted by Gasteiger charge is 2.87. The van der Waals surface area contributed by atoms with Gasteiger partial charge in [-0.1, -0.05) is 19.9 Å². The zero-order chi connectivity index (χ0) is 31.4. The van der Waals surface area contributed by atoms with Gasteiger partial charge in [0.15, 0.2) is 17.3 Å². The summed E-state index contributed by atoms with van der Waals surface area (Å²) in [6, 6.07) is 0. The average molecular weight is 593 g/mol. The van der Waals surface area contributed by atoms with E-state index < -0.39 is 88.5 Å². The third-order valence-electron chi connectivity index (χ3n) is 9.02. The quantitative estimate of drug-likeness (QED) is 0.207. The predicted octanol–water partition coefficient (Wildman–Crippen LogP) is 2.24. The summed E-state index contributed by atoms with van der Waals surface area (Å²) in [5, 5.41) is 12.3. The van der Waals surface area contributed by atoms with Gasteiger partial charge in [0.1, 0.15) is 30.0 Å². The highest BCUT2D eigenvalue weighted by Crippen LogP contribution is 2.65. The molecule has 4 aliphatic rings. The van der Waals surface area contributed by atoms with Gasteiger partial charge in [0.25, 0.3) is 0 Å². The molecule has 2 saturated heterocycles. The maximum absolute atomic E-state index is 13.2. The fourth-order valence-electron chi connectivity index (χ4n) is 6.99. The van der Waals surface area contributed by atoms with Crippen molar-refractivity contribution < 1.29 is 57.5 Å². The smallest absolute Gasteiger partial charge is 0.342 e. The summed E-state index contributed by atoms with van der Waals surface area (Å²) in [6.07, 6.45) is -0.335. The second-order valence-electron chi connectivity index (χ2n) is 12.2. The summed E-state index contributed by atoms with van der Waals surface area (Å²) in [5.74, 6) is -4.41. The standard InChI is InChI=1S/C30H40O12/c1-9-10-23(34)40-20-11-12-27(6)21(38-17(4)32)14-19(37-16(3)31)15(2)13-22-30(29(8,42-30)26(35)41-22)25(39-18(5)33)24(27)28(20,7)36/h11-13,19-22,24-25,36H,9-10,14H2,1-8H3/b15-13-/t19?,20?,21?,22?,24?,25?,27-,28+,29+,30?/m1/s1. The predicted molar refractivity (Wildman–Crippen MR) is 143 cm³/mol. The van der Waals surface area contributed by atoms with Crippen LogP contribution in [0.2, 0.25) is 0 Å². The third-order valence-corrected chi connectivity index (χ3v) is 9.02. The van der Waals surface area contributed by atoms with Crippen LogP contribution in [0.25, 0.3) is 0 Å². The van der Waals surface area contributed by atoms with Crippen molar-refractivity contribution in [2.24, 2.45) is 11.3 Å². The third kappa shape index (κ3) is 5.02. The van der Waals surface area contributed by atoms with Crippen molar-refractivity contribution in [1.82, 2.24) is 0 Å². The van der Waals surface area contributed by atoms with Crippen LogP contribution >= 0.6 is 0 Å². The Morgan fingerprint density at radius 1 is 1.00 bits per heavy atom. The van der Waals surface area contributed by atoms with E-state index in [2.05, 4.69) is 0 Å². The minimum Gasteiger partial charge on any atom is -0.461 e. The van der Waals surface area contributed by atoms with Crippen LogP contribution < -0.4 is 0 Å². The molecule has 0 aromatic heterocycles. The summed E-state index contributed by atoms with van der Waals surface area (Å²) in [5.41, 5.74) is -6.00. The molecule has 12 nitrogen and oxygen atoms in total. The minimum absolute atomic E-state index is 0.0478. The molecule has 0 bridgehead atoms. The van der Waals surface area contributed by atoms with Gasteiger partial charge in [-0.2, -0.15) is 0 Å². The molecule has 0 amide bonds. The molecule has 1 spiro atoms. The first-order valence-electron chi connectivity index (χ1n) is 14.2. The summed E-state index contributed by atoms with van der Waals surface area (Å²) < 4.78 is 35.0. The van der Waals surface area contributed by atoms with Gasteiger partial charge in [-0.25, -0.2) is 4.79 Å². The molecule has 4 rings (SSSR count). The molecule has 42 heavy (non-hydrogen) atoms. The summed E-state index contributed by atoms with van der Waals surface area (Å²) in [6.45, 7) is 11.8. The molecule has 10 atom stereocenters. The van der Waals surface area contributed by atoms with E-state index in [-0.39, 0.29) is 12.8 Å². The van der Waals surface area contributed by atoms with E-state index in [1.54, 1.807) is 26.0 Å². The second kappa shape index (κ2) is 10.8. The summed E-state index contributed by atoms with van der Waals surface area (Å²) in [4.78, 5) is 63.1. The topological polar surface area (TPSA) is 164 Å². The lowest BCUT2D eigenvalue weighted by atomic mass is 9.55. The van der Waals surface area contributed by atoms with Crippen molar-refractivity contribution in [2.75, 3.05) is 0 Å². The molecular formula is C30H40O12. The number of hydrogen-bond donors (Lipinski definition) is 1. The lowest BCUT2D eigenvalue weighted by Gasteiger charge is -2.55. The Bertz CT molecular complexity index is 1230. The molecular weight excluding hydrogens is 552 g/mol. The zero-order valence-corrected chi connectivity index (χ0v) is 25.3. The molecule has 12 heteroatoms. The first kappa shape index (κ1) is 31.7. The molecule has 0 radical (unpaired) electrons. The van der Waals surface area contributed by atoms with Crippen LogP contribution in [0.4, 0.5) is 0 Å². The van der Waals surface area contributed by atoms with Gasteiger partial charge in [0, 0.05) is 44.9 Å². The van der Waals surface area contributed by atoms with Crippen molar-refractivity contribution in [3.05, 3.63) is 23.8 Å². The molecule has 232 valence electrons. The van der Waals surface area contributed by atoms with Gasteiger partial charge in [-0.3, -0.25) is 19.2 Å². The van der Waals surface area contributed by atoms with E-state index >= 15 is 0 Å². The van der Waals surface area contributed by atoms with Crippen LogP contribution in [0.5, 0.6) is 0 Å². The van der Waals surface area contributed by atoms with Crippen molar-refractivity contribution in [1.29, 1.82) is 0 Å². The fourth-order valence-corrected chi connectivity index (χ4v) is 6.99. The monoisotopic (exact) mass is 592 g/mol. The highest BCUT2D eigenvalue weighted by molar-refractivity contribution is 5.89. The lowest BCUT2D eigenvalue weighted by molar-refractivity contribution is -0.220. The molecule has 0 aromatic rings. The highest BCUT2D eigenvalue weighted by atomic mass is 16.7. The van der Waals surface area contributed by atoms with Gasteiger partial charge in [0.05, 0.1) is 0 Å². The molecule has 2 fully saturated rings. The van der Waals surface area contributed by atoms with Gasteiger partial charge in [0.2, 0.25) is 0 Å². The Morgan fingerprint density at radius 3 is 2.17 bits per heavy atom. The number of fused-ring (bicyclic) bond motifs is 1. The molecule has 2 heterocycles. The number of carbonyl (C=O) groups is 5. The second-order valence-corrected chi connectivity index (χ2v) is 12.2. The number of esters is 5. The van der Waals surface area contributed by atoms with Crippen LogP contribution in [0, 0.1) is 11.3 Å². The van der Waals surface area contributed by atoms with E-state index in [0.717, 1.165) is 0 Å². The van der Waals surface area contributed by atoms with Gasteiger partial charge >= 0.3 is 29.8 Å². The molecule has 1 N–H and O–H groups in total. The van der Waals surface area contributed by atoms with Crippen LogP contribution in [0.15, 0.2) is 23.8 Å². The van der Waals surface area contributed by atoms with Crippen LogP contribution in [-0.2, 0) is 52.4 Å². The van der Waals surface area contributed by atoms with Crippen molar-refractivity contribution in [3.8, 4) is 0 Å².